The van der Waals surface area contributed by atoms with Crippen molar-refractivity contribution in [2.75, 3.05) is 20.7 Å². The highest BCUT2D eigenvalue weighted by atomic mass is 127. The maximum atomic E-state index is 5.19. The van der Waals surface area contributed by atoms with Crippen molar-refractivity contribution in [1.29, 1.82) is 0 Å². The van der Waals surface area contributed by atoms with E-state index in [0.29, 0.717) is 19.0 Å². The zero-order valence-corrected chi connectivity index (χ0v) is 14.8. The lowest BCUT2D eigenvalue weighted by atomic mass is 10.2. The predicted octanol–water partition coefficient (Wildman–Crippen LogP) is 2.37. The van der Waals surface area contributed by atoms with E-state index in [-0.39, 0.29) is 24.0 Å². The Morgan fingerprint density at radius 2 is 2.21 bits per heavy atom. The number of rotatable bonds is 4. The summed E-state index contributed by atoms with van der Waals surface area (Å²) in [6, 6.07) is 5.82. The van der Waals surface area contributed by atoms with Crippen molar-refractivity contribution in [3.63, 3.8) is 0 Å². The molecule has 0 fully saturated rings. The Labute approximate surface area is 139 Å². The molecular formula is C13H17BrIN3O. The van der Waals surface area contributed by atoms with Crippen LogP contribution in [0.5, 0.6) is 5.75 Å². The van der Waals surface area contributed by atoms with Crippen LogP contribution in [0.1, 0.15) is 5.56 Å². The number of aliphatic imine (C=N–C) groups is 1. The van der Waals surface area contributed by atoms with Crippen LogP contribution in [0.25, 0.3) is 0 Å². The molecule has 1 aromatic carbocycles. The van der Waals surface area contributed by atoms with Gasteiger partial charge < -0.3 is 15.4 Å². The number of nitrogens with one attached hydrogen (secondary N) is 2. The molecule has 0 bridgehead atoms. The van der Waals surface area contributed by atoms with Crippen molar-refractivity contribution < 1.29 is 4.74 Å². The molecule has 1 aromatic rings. The lowest BCUT2D eigenvalue weighted by Crippen LogP contribution is -2.36. The highest BCUT2D eigenvalue weighted by molar-refractivity contribution is 14.0. The van der Waals surface area contributed by atoms with Gasteiger partial charge in [-0.1, -0.05) is 21.9 Å². The summed E-state index contributed by atoms with van der Waals surface area (Å²) in [4.78, 5) is 4.07. The maximum Gasteiger partial charge on any atom is 0.192 e. The molecular weight excluding hydrogens is 421 g/mol. The van der Waals surface area contributed by atoms with Gasteiger partial charge in [-0.05, 0) is 23.8 Å². The number of terminal acetylenes is 1. The molecule has 0 spiro atoms. The molecule has 0 unspecified atom stereocenters. The maximum absolute atomic E-state index is 5.19. The minimum atomic E-state index is 0. The molecule has 0 aliphatic heterocycles. The first-order valence-corrected chi connectivity index (χ1v) is 6.21. The van der Waals surface area contributed by atoms with Crippen molar-refractivity contribution in [2.24, 2.45) is 4.99 Å². The normalized spacial score (nSPS) is 10.1. The summed E-state index contributed by atoms with van der Waals surface area (Å²) in [7, 11) is 3.35. The summed E-state index contributed by atoms with van der Waals surface area (Å²) in [5.74, 6) is 3.99. The Balaban J connectivity index is 0.00000324. The van der Waals surface area contributed by atoms with Gasteiger partial charge >= 0.3 is 0 Å². The van der Waals surface area contributed by atoms with Crippen LogP contribution < -0.4 is 15.4 Å². The summed E-state index contributed by atoms with van der Waals surface area (Å²) in [5, 5.41) is 6.16. The fraction of sp³-hybridized carbons (Fsp3) is 0.308. The van der Waals surface area contributed by atoms with Crippen molar-refractivity contribution in [1.82, 2.24) is 10.6 Å². The van der Waals surface area contributed by atoms with Crippen LogP contribution in [0.3, 0.4) is 0 Å². The zero-order chi connectivity index (χ0) is 13.4. The topological polar surface area (TPSA) is 45.7 Å². The van der Waals surface area contributed by atoms with E-state index in [1.165, 1.54) is 0 Å². The third-order valence-electron chi connectivity index (χ3n) is 2.28. The number of hydrogen-bond acceptors (Lipinski definition) is 2. The Morgan fingerprint density at radius 1 is 1.47 bits per heavy atom. The molecule has 104 valence electrons. The minimum absolute atomic E-state index is 0. The number of benzene rings is 1. The summed E-state index contributed by atoms with van der Waals surface area (Å²) >= 11 is 3.50. The van der Waals surface area contributed by atoms with E-state index in [9.17, 15) is 0 Å². The van der Waals surface area contributed by atoms with Gasteiger partial charge in [0.25, 0.3) is 0 Å². The van der Waals surface area contributed by atoms with Crippen LogP contribution in [0.15, 0.2) is 27.7 Å². The van der Waals surface area contributed by atoms with Gasteiger partial charge in [-0.2, -0.15) is 0 Å². The standard InChI is InChI=1S/C13H16BrN3O.HI/c1-4-7-16-13(15-2)17-9-10-8-11(18-3)5-6-12(10)14;/h1,5-6,8H,7,9H2,2-3H3,(H2,15,16,17);1H. The smallest absolute Gasteiger partial charge is 0.192 e. The van der Waals surface area contributed by atoms with E-state index in [0.717, 1.165) is 15.8 Å². The lowest BCUT2D eigenvalue weighted by molar-refractivity contribution is 0.414. The molecule has 6 heteroatoms. The fourth-order valence-electron chi connectivity index (χ4n) is 1.35. The Kier molecular flexibility index (Phi) is 9.43. The van der Waals surface area contributed by atoms with Gasteiger partial charge in [0.2, 0.25) is 0 Å². The van der Waals surface area contributed by atoms with E-state index in [2.05, 4.69) is 37.5 Å². The molecule has 0 saturated heterocycles. The number of nitrogens with zero attached hydrogens (tertiary/aromatic N) is 1. The highest BCUT2D eigenvalue weighted by Gasteiger charge is 2.03. The average molecular weight is 438 g/mol. The molecule has 0 radical (unpaired) electrons. The molecule has 0 aliphatic rings. The van der Waals surface area contributed by atoms with E-state index in [4.69, 9.17) is 11.2 Å². The Hall–Kier alpha value is -0.940. The molecule has 4 nitrogen and oxygen atoms in total. The SMILES string of the molecule is C#CCNC(=NC)NCc1cc(OC)ccc1Br.I. The fourth-order valence-corrected chi connectivity index (χ4v) is 1.73. The number of guanidine groups is 1. The van der Waals surface area contributed by atoms with Gasteiger partial charge in [0, 0.05) is 18.1 Å². The van der Waals surface area contributed by atoms with Crippen LogP contribution in [0.2, 0.25) is 0 Å². The van der Waals surface area contributed by atoms with Gasteiger partial charge in [-0.3, -0.25) is 4.99 Å². The minimum Gasteiger partial charge on any atom is -0.497 e. The van der Waals surface area contributed by atoms with Crippen molar-refractivity contribution in [2.45, 2.75) is 6.54 Å². The van der Waals surface area contributed by atoms with Crippen molar-refractivity contribution in [3.05, 3.63) is 28.2 Å². The van der Waals surface area contributed by atoms with Crippen LogP contribution in [0, 0.1) is 12.3 Å². The van der Waals surface area contributed by atoms with Crippen LogP contribution in [-0.4, -0.2) is 26.7 Å². The molecule has 0 aliphatic carbocycles. The van der Waals surface area contributed by atoms with Gasteiger partial charge in [0.05, 0.1) is 13.7 Å². The van der Waals surface area contributed by atoms with Crippen molar-refractivity contribution >= 4 is 45.9 Å². The molecule has 2 N–H and O–H groups in total. The zero-order valence-electron chi connectivity index (χ0n) is 10.9. The van der Waals surface area contributed by atoms with E-state index < -0.39 is 0 Å². The summed E-state index contributed by atoms with van der Waals surface area (Å²) in [6.45, 7) is 1.07. The van der Waals surface area contributed by atoms with E-state index in [1.54, 1.807) is 14.2 Å². The second-order valence-electron chi connectivity index (χ2n) is 3.44. The second kappa shape index (κ2) is 9.92. The van der Waals surface area contributed by atoms with Gasteiger partial charge in [0.15, 0.2) is 5.96 Å². The van der Waals surface area contributed by atoms with Crippen LogP contribution >= 0.6 is 39.9 Å². The van der Waals surface area contributed by atoms with Gasteiger partial charge in [0.1, 0.15) is 5.75 Å². The lowest BCUT2D eigenvalue weighted by Gasteiger charge is -2.12. The second-order valence-corrected chi connectivity index (χ2v) is 4.30. The third-order valence-corrected chi connectivity index (χ3v) is 3.05. The summed E-state index contributed by atoms with van der Waals surface area (Å²) < 4.78 is 6.20. The molecule has 0 saturated carbocycles. The first-order valence-electron chi connectivity index (χ1n) is 5.41. The van der Waals surface area contributed by atoms with Crippen LogP contribution in [-0.2, 0) is 6.54 Å². The van der Waals surface area contributed by atoms with E-state index in [1.807, 2.05) is 18.2 Å². The average Bonchev–Trinajstić information content (AvgIpc) is 2.40. The molecule has 0 amide bonds. The predicted molar refractivity (Wildman–Crippen MR) is 93.1 cm³/mol. The third kappa shape index (κ3) is 6.16. The molecule has 0 atom stereocenters. The summed E-state index contributed by atoms with van der Waals surface area (Å²) in [5.41, 5.74) is 1.08. The van der Waals surface area contributed by atoms with E-state index >= 15 is 0 Å². The quantitative estimate of drug-likeness (QED) is 0.329. The highest BCUT2D eigenvalue weighted by Crippen LogP contribution is 2.22. The molecule has 1 rings (SSSR count). The Bertz CT molecular complexity index is 471. The number of methoxy groups -OCH3 is 1. The molecule has 0 aromatic heterocycles. The van der Waals surface area contributed by atoms with Gasteiger partial charge in [-0.15, -0.1) is 30.4 Å². The molecule has 19 heavy (non-hydrogen) atoms. The van der Waals surface area contributed by atoms with Gasteiger partial charge in [-0.25, -0.2) is 0 Å². The number of ether oxygens (including phenoxy) is 1. The number of hydrogen-bond donors (Lipinski definition) is 2. The Morgan fingerprint density at radius 3 is 2.79 bits per heavy atom. The number of halogens is 2. The summed E-state index contributed by atoms with van der Waals surface area (Å²) in [6.07, 6.45) is 5.18. The monoisotopic (exact) mass is 437 g/mol. The largest absolute Gasteiger partial charge is 0.497 e. The van der Waals surface area contributed by atoms with Crippen molar-refractivity contribution in [3.8, 4) is 18.1 Å². The first kappa shape index (κ1) is 18.1. The first-order chi connectivity index (χ1) is 8.71. The molecule has 0 heterocycles. The van der Waals surface area contributed by atoms with Crippen LogP contribution in [0.4, 0.5) is 0 Å².